The predicted molar refractivity (Wildman–Crippen MR) is 48.4 cm³/mol. The molecule has 0 aliphatic rings. The van der Waals surface area contributed by atoms with Crippen LogP contribution in [0.2, 0.25) is 0 Å². The summed E-state index contributed by atoms with van der Waals surface area (Å²) in [5, 5.41) is 26.7. The summed E-state index contributed by atoms with van der Waals surface area (Å²) >= 11 is 0. The maximum absolute atomic E-state index is 9.44. The van der Waals surface area contributed by atoms with E-state index < -0.39 is 17.9 Å². The van der Waals surface area contributed by atoms with Crippen molar-refractivity contribution in [1.82, 2.24) is 0 Å². The second kappa shape index (κ2) is 24.7. The number of carboxylic acids is 3. The molecule has 0 atom stereocenters. The number of carboxylic acid groups (broad SMARTS) is 3. The monoisotopic (exact) mass is 409 g/mol. The fourth-order valence-electron chi connectivity index (χ4n) is 0. The van der Waals surface area contributed by atoms with E-state index in [4.69, 9.17) is 29.7 Å². The van der Waals surface area contributed by atoms with Crippen molar-refractivity contribution in [3.63, 3.8) is 0 Å². The Morgan fingerprint density at radius 2 is 0.588 bits per heavy atom. The second-order valence-corrected chi connectivity index (χ2v) is 2.38. The first-order valence-corrected chi connectivity index (χ1v) is 3.93. The molecule has 0 aromatic heterocycles. The Labute approximate surface area is 138 Å². The Morgan fingerprint density at radius 1 is 0.588 bits per heavy atom. The van der Waals surface area contributed by atoms with Crippen LogP contribution in [0.1, 0.15) is 34.6 Å². The standard InChI is InChI=1S/C3H6O.3C2H4O2.Yb/c1-3(2)4;3*1-2(3)4;/h1-2H3;3*1H3,(H,3,4);/q;;;;+3/p-3. The molecule has 0 aliphatic heterocycles. The zero-order valence-electron chi connectivity index (χ0n) is 10.1. The van der Waals surface area contributed by atoms with Gasteiger partial charge in [-0.15, -0.1) is 0 Å². The van der Waals surface area contributed by atoms with Crippen LogP contribution in [0.4, 0.5) is 0 Å². The topological polar surface area (TPSA) is 137 Å². The molecule has 0 saturated carbocycles. The van der Waals surface area contributed by atoms with Crippen molar-refractivity contribution in [2.45, 2.75) is 34.6 Å². The largest absolute Gasteiger partial charge is 3.00 e. The molecule has 8 heteroatoms. The maximum atomic E-state index is 9.44. The van der Waals surface area contributed by atoms with Gasteiger partial charge in [0.25, 0.3) is 0 Å². The molecule has 0 N–H and O–H groups in total. The van der Waals surface area contributed by atoms with E-state index in [9.17, 15) is 4.79 Å². The summed E-state index contributed by atoms with van der Waals surface area (Å²) in [5.41, 5.74) is 0. The third kappa shape index (κ3) is 18000. The van der Waals surface area contributed by atoms with E-state index in [0.717, 1.165) is 20.8 Å². The molecule has 107 valence electrons. The summed E-state index contributed by atoms with van der Waals surface area (Å²) in [4.78, 5) is 36.1. The van der Waals surface area contributed by atoms with Gasteiger partial charge in [-0.1, -0.05) is 0 Å². The average molecular weight is 408 g/mol. The molecule has 0 bridgehead atoms. The van der Waals surface area contributed by atoms with E-state index in [-0.39, 0.29) is 52.7 Å². The Morgan fingerprint density at radius 3 is 0.588 bits per heavy atom. The van der Waals surface area contributed by atoms with E-state index in [1.54, 1.807) is 0 Å². The summed E-state index contributed by atoms with van der Waals surface area (Å²) in [7, 11) is 0. The smallest absolute Gasteiger partial charge is 0.550 e. The van der Waals surface area contributed by atoms with Gasteiger partial charge in [-0.2, -0.15) is 0 Å². The van der Waals surface area contributed by atoms with Gasteiger partial charge in [0, 0.05) is 17.9 Å². The van der Waals surface area contributed by atoms with E-state index in [1.165, 1.54) is 13.8 Å². The van der Waals surface area contributed by atoms with Gasteiger partial charge in [-0.3, -0.25) is 0 Å². The van der Waals surface area contributed by atoms with Crippen molar-refractivity contribution in [2.75, 3.05) is 0 Å². The molecule has 0 rings (SSSR count). The number of hydrogen-bond acceptors (Lipinski definition) is 7. The third-order valence-electron chi connectivity index (χ3n) is 0. The molecular formula is C9H15O7Yb. The molecule has 17 heavy (non-hydrogen) atoms. The van der Waals surface area contributed by atoms with Crippen LogP contribution in [0.25, 0.3) is 0 Å². The van der Waals surface area contributed by atoms with Crippen molar-refractivity contribution >= 4 is 23.7 Å². The van der Waals surface area contributed by atoms with Gasteiger partial charge in [0.05, 0.1) is 0 Å². The number of ketones is 1. The number of hydrogen-bond donors (Lipinski definition) is 0. The van der Waals surface area contributed by atoms with E-state index in [1.807, 2.05) is 0 Å². The fourth-order valence-corrected chi connectivity index (χ4v) is 0. The van der Waals surface area contributed by atoms with E-state index in [0.29, 0.717) is 0 Å². The minimum absolute atomic E-state index is 0. The Bertz CT molecular complexity index is 161. The molecule has 0 aromatic rings. The minimum atomic E-state index is -1.08. The molecule has 0 unspecified atom stereocenters. The number of carbonyl (C=O) groups excluding carboxylic acids is 4. The van der Waals surface area contributed by atoms with Crippen LogP contribution in [-0.2, 0) is 19.2 Å². The number of rotatable bonds is 0. The number of aliphatic carboxylic acids is 3. The number of Topliss-reactive ketones (excluding diaryl/α,β-unsaturated/α-hetero) is 1. The van der Waals surface area contributed by atoms with Crippen LogP contribution in [0.3, 0.4) is 0 Å². The van der Waals surface area contributed by atoms with Gasteiger partial charge >= 0.3 is 46.9 Å². The molecule has 0 spiro atoms. The van der Waals surface area contributed by atoms with Crippen molar-refractivity contribution in [3.8, 4) is 0 Å². The quantitative estimate of drug-likeness (QED) is 0.413. The van der Waals surface area contributed by atoms with E-state index >= 15 is 0 Å². The van der Waals surface area contributed by atoms with Crippen LogP contribution in [0, 0.1) is 46.9 Å². The first-order valence-electron chi connectivity index (χ1n) is 3.93. The summed E-state index contributed by atoms with van der Waals surface area (Å²) in [6, 6.07) is 0. The third-order valence-corrected chi connectivity index (χ3v) is 0. The zero-order chi connectivity index (χ0) is 14.3. The van der Waals surface area contributed by atoms with Crippen LogP contribution in [0.15, 0.2) is 0 Å². The molecular weight excluding hydrogens is 393 g/mol. The van der Waals surface area contributed by atoms with Gasteiger partial charge < -0.3 is 34.5 Å². The Hall–Kier alpha value is -0.401. The summed E-state index contributed by atoms with van der Waals surface area (Å²) < 4.78 is 0. The predicted octanol–water partition coefficient (Wildman–Crippen LogP) is -3.14. The van der Waals surface area contributed by atoms with E-state index in [2.05, 4.69) is 0 Å². The molecule has 0 saturated heterocycles. The first kappa shape index (κ1) is 30.0. The number of carbonyl (C=O) groups is 4. The van der Waals surface area contributed by atoms with Crippen molar-refractivity contribution in [3.05, 3.63) is 0 Å². The van der Waals surface area contributed by atoms with Crippen molar-refractivity contribution in [2.24, 2.45) is 0 Å². The average Bonchev–Trinajstić information content (AvgIpc) is 1.76. The van der Waals surface area contributed by atoms with Crippen LogP contribution in [-0.4, -0.2) is 23.7 Å². The zero-order valence-corrected chi connectivity index (χ0v) is 11.8. The summed E-state index contributed by atoms with van der Waals surface area (Å²) in [5.74, 6) is -3.08. The molecule has 1 radical (unpaired) electrons. The SMILES string of the molecule is CC(=O)[O-].CC(=O)[O-].CC(=O)[O-].CC(C)=O.[Yb+3]. The maximum Gasteiger partial charge on any atom is 3.00 e. The van der Waals surface area contributed by atoms with Crippen molar-refractivity contribution < 1.29 is 81.4 Å². The Kier molecular flexibility index (Phi) is 43.6. The fraction of sp³-hybridized carbons (Fsp3) is 0.556. The van der Waals surface area contributed by atoms with Gasteiger partial charge in [0.1, 0.15) is 5.78 Å². The minimum Gasteiger partial charge on any atom is -0.550 e. The van der Waals surface area contributed by atoms with Crippen LogP contribution >= 0.6 is 0 Å². The molecule has 0 heterocycles. The molecule has 0 amide bonds. The molecule has 0 aromatic carbocycles. The van der Waals surface area contributed by atoms with Crippen LogP contribution in [0.5, 0.6) is 0 Å². The van der Waals surface area contributed by atoms with Crippen LogP contribution < -0.4 is 15.3 Å². The summed E-state index contributed by atoms with van der Waals surface area (Å²) in [6.07, 6.45) is 0. The molecule has 7 nitrogen and oxygen atoms in total. The molecule has 0 fully saturated rings. The van der Waals surface area contributed by atoms with Gasteiger partial charge in [-0.05, 0) is 34.6 Å². The normalized spacial score (nSPS) is 5.94. The first-order chi connectivity index (χ1) is 6.93. The summed E-state index contributed by atoms with van der Waals surface area (Å²) in [6.45, 7) is 5.97. The van der Waals surface area contributed by atoms with Gasteiger partial charge in [0.2, 0.25) is 0 Å². The van der Waals surface area contributed by atoms with Gasteiger partial charge in [0.15, 0.2) is 0 Å². The Balaban J connectivity index is -0.0000000369. The van der Waals surface area contributed by atoms with Gasteiger partial charge in [-0.25, -0.2) is 0 Å². The second-order valence-electron chi connectivity index (χ2n) is 2.38. The van der Waals surface area contributed by atoms with Crippen molar-refractivity contribution in [1.29, 1.82) is 0 Å². The molecule has 0 aliphatic carbocycles.